The second-order valence-corrected chi connectivity index (χ2v) is 6.09. The molecule has 1 aromatic carbocycles. The van der Waals surface area contributed by atoms with Crippen LogP contribution >= 0.6 is 0 Å². The number of likely N-dealkylation sites (tertiary alicyclic amines) is 1. The van der Waals surface area contributed by atoms with Crippen molar-refractivity contribution < 1.29 is 0 Å². The molecule has 3 unspecified atom stereocenters. The van der Waals surface area contributed by atoms with Crippen LogP contribution < -0.4 is 5.73 Å². The Labute approximate surface area is 118 Å². The van der Waals surface area contributed by atoms with Crippen LogP contribution in [0.25, 0.3) is 0 Å². The summed E-state index contributed by atoms with van der Waals surface area (Å²) in [6.07, 6.45) is 3.75. The molecule has 1 aliphatic heterocycles. The van der Waals surface area contributed by atoms with Gasteiger partial charge in [0, 0.05) is 18.6 Å². The second kappa shape index (κ2) is 6.53. The van der Waals surface area contributed by atoms with Gasteiger partial charge >= 0.3 is 0 Å². The largest absolute Gasteiger partial charge is 0.328 e. The average Bonchev–Trinajstić information content (AvgIpc) is 2.42. The molecule has 1 heterocycles. The van der Waals surface area contributed by atoms with Crippen LogP contribution in [0.5, 0.6) is 0 Å². The topological polar surface area (TPSA) is 29.3 Å². The molecule has 2 heteroatoms. The van der Waals surface area contributed by atoms with E-state index in [0.717, 1.165) is 6.54 Å². The third-order valence-corrected chi connectivity index (χ3v) is 4.52. The maximum Gasteiger partial charge on any atom is 0.0345 e. The Bertz CT molecular complexity index is 383. The lowest BCUT2D eigenvalue weighted by molar-refractivity contribution is 0.110. The van der Waals surface area contributed by atoms with Gasteiger partial charge in [-0.3, -0.25) is 4.90 Å². The first-order valence-electron chi connectivity index (χ1n) is 7.68. The van der Waals surface area contributed by atoms with Gasteiger partial charge < -0.3 is 5.73 Å². The molecule has 19 heavy (non-hydrogen) atoms. The van der Waals surface area contributed by atoms with Crippen LogP contribution in [0.2, 0.25) is 0 Å². The van der Waals surface area contributed by atoms with Crippen molar-refractivity contribution in [3.8, 4) is 0 Å². The van der Waals surface area contributed by atoms with Gasteiger partial charge in [-0.25, -0.2) is 0 Å². The van der Waals surface area contributed by atoms with Crippen molar-refractivity contribution in [2.24, 2.45) is 11.7 Å². The van der Waals surface area contributed by atoms with Gasteiger partial charge in [0.2, 0.25) is 0 Å². The summed E-state index contributed by atoms with van der Waals surface area (Å²) in [4.78, 5) is 2.64. The monoisotopic (exact) mass is 260 g/mol. The van der Waals surface area contributed by atoms with Crippen molar-refractivity contribution in [1.82, 2.24) is 4.90 Å². The number of hydrogen-bond acceptors (Lipinski definition) is 2. The Morgan fingerprint density at radius 1 is 1.32 bits per heavy atom. The summed E-state index contributed by atoms with van der Waals surface area (Å²) in [5, 5.41) is 0. The minimum absolute atomic E-state index is 0.318. The molecule has 1 aromatic rings. The molecule has 1 fully saturated rings. The van der Waals surface area contributed by atoms with Crippen LogP contribution in [0, 0.1) is 12.8 Å². The van der Waals surface area contributed by atoms with Gasteiger partial charge in [-0.1, -0.05) is 36.8 Å². The van der Waals surface area contributed by atoms with E-state index in [-0.39, 0.29) is 0 Å². The molecule has 0 aromatic heterocycles. The summed E-state index contributed by atoms with van der Waals surface area (Å²) < 4.78 is 0. The molecule has 0 radical (unpaired) electrons. The van der Waals surface area contributed by atoms with Gasteiger partial charge in [-0.05, 0) is 51.1 Å². The number of nitrogens with two attached hydrogens (primary N) is 1. The lowest BCUT2D eigenvalue weighted by Gasteiger charge is -2.39. The maximum absolute atomic E-state index is 6.10. The van der Waals surface area contributed by atoms with Crippen molar-refractivity contribution >= 4 is 0 Å². The summed E-state index contributed by atoms with van der Waals surface area (Å²) in [6, 6.07) is 9.91. The molecule has 0 amide bonds. The summed E-state index contributed by atoms with van der Waals surface area (Å²) in [6.45, 7) is 8.97. The number of piperidine rings is 1. The van der Waals surface area contributed by atoms with Crippen molar-refractivity contribution in [3.05, 3.63) is 35.4 Å². The molecule has 1 aliphatic rings. The zero-order chi connectivity index (χ0) is 13.8. The lowest BCUT2D eigenvalue weighted by atomic mass is 9.89. The molecule has 2 nitrogen and oxygen atoms in total. The molecule has 2 rings (SSSR count). The van der Waals surface area contributed by atoms with Gasteiger partial charge in [0.1, 0.15) is 0 Å². The first-order valence-corrected chi connectivity index (χ1v) is 7.68. The zero-order valence-electron chi connectivity index (χ0n) is 12.6. The fourth-order valence-corrected chi connectivity index (χ4v) is 3.25. The van der Waals surface area contributed by atoms with Gasteiger partial charge in [0.15, 0.2) is 0 Å². The van der Waals surface area contributed by atoms with Crippen LogP contribution in [0.1, 0.15) is 50.3 Å². The lowest BCUT2D eigenvalue weighted by Crippen LogP contribution is -2.43. The minimum atomic E-state index is 0.318. The zero-order valence-corrected chi connectivity index (χ0v) is 12.6. The van der Waals surface area contributed by atoms with Crippen molar-refractivity contribution in [2.75, 3.05) is 13.1 Å². The van der Waals surface area contributed by atoms with E-state index in [1.807, 2.05) is 0 Å². The molecule has 3 atom stereocenters. The second-order valence-electron chi connectivity index (χ2n) is 6.09. The molecule has 106 valence electrons. The number of rotatable bonds is 4. The molecule has 0 bridgehead atoms. The predicted molar refractivity (Wildman–Crippen MR) is 82.2 cm³/mol. The van der Waals surface area contributed by atoms with Crippen LogP contribution in [0.4, 0.5) is 0 Å². The van der Waals surface area contributed by atoms with E-state index >= 15 is 0 Å². The summed E-state index contributed by atoms with van der Waals surface area (Å²) in [5.74, 6) is 0.660. The Kier molecular flexibility index (Phi) is 5.00. The van der Waals surface area contributed by atoms with E-state index < -0.39 is 0 Å². The molecule has 1 saturated heterocycles. The fraction of sp³-hybridized carbons (Fsp3) is 0.647. The Balaban J connectivity index is 2.10. The maximum atomic E-state index is 6.10. The molecule has 2 N–H and O–H groups in total. The van der Waals surface area contributed by atoms with Gasteiger partial charge in [-0.2, -0.15) is 0 Å². The number of nitrogens with zero attached hydrogens (tertiary/aromatic N) is 1. The first kappa shape index (κ1) is 14.5. The Morgan fingerprint density at radius 3 is 2.58 bits per heavy atom. The Hall–Kier alpha value is -0.860. The van der Waals surface area contributed by atoms with Crippen molar-refractivity contribution in [2.45, 2.75) is 52.1 Å². The highest BCUT2D eigenvalue weighted by Crippen LogP contribution is 2.30. The molecular weight excluding hydrogens is 232 g/mol. The normalized spacial score (nSPS) is 24.1. The number of aryl methyl sites for hydroxylation is 1. The molecule has 0 aliphatic carbocycles. The molecule has 0 saturated carbocycles. The fourth-order valence-electron chi connectivity index (χ4n) is 3.25. The number of benzene rings is 1. The number of hydrogen-bond donors (Lipinski definition) is 1. The molecule has 0 spiro atoms. The quantitative estimate of drug-likeness (QED) is 0.897. The third kappa shape index (κ3) is 3.58. The van der Waals surface area contributed by atoms with Gasteiger partial charge in [0.25, 0.3) is 0 Å². The van der Waals surface area contributed by atoms with E-state index in [1.165, 1.54) is 36.9 Å². The van der Waals surface area contributed by atoms with E-state index in [1.54, 1.807) is 0 Å². The minimum Gasteiger partial charge on any atom is -0.328 e. The van der Waals surface area contributed by atoms with Crippen LogP contribution in [0.15, 0.2) is 24.3 Å². The summed E-state index contributed by atoms with van der Waals surface area (Å²) in [5.41, 5.74) is 8.90. The summed E-state index contributed by atoms with van der Waals surface area (Å²) in [7, 11) is 0. The van der Waals surface area contributed by atoms with E-state index in [0.29, 0.717) is 18.0 Å². The standard InChI is InChI=1S/C17H28N2/c1-4-17(15-9-7-13(2)8-10-15)19-11-5-6-16(12-19)14(3)18/h7-10,14,16-17H,4-6,11-12,18H2,1-3H3. The van der Waals surface area contributed by atoms with Gasteiger partial charge in [-0.15, -0.1) is 0 Å². The van der Waals surface area contributed by atoms with Crippen LogP contribution in [-0.2, 0) is 0 Å². The highest BCUT2D eigenvalue weighted by atomic mass is 15.2. The van der Waals surface area contributed by atoms with E-state index in [4.69, 9.17) is 5.73 Å². The average molecular weight is 260 g/mol. The van der Waals surface area contributed by atoms with Gasteiger partial charge in [0.05, 0.1) is 0 Å². The third-order valence-electron chi connectivity index (χ3n) is 4.52. The van der Waals surface area contributed by atoms with Crippen molar-refractivity contribution in [3.63, 3.8) is 0 Å². The Morgan fingerprint density at radius 2 is 2.00 bits per heavy atom. The SMILES string of the molecule is CCC(c1ccc(C)cc1)N1CCCC(C(C)N)C1. The molecular formula is C17H28N2. The van der Waals surface area contributed by atoms with Crippen LogP contribution in [0.3, 0.4) is 0 Å². The predicted octanol–water partition coefficient (Wildman–Crippen LogP) is 3.51. The van der Waals surface area contributed by atoms with Crippen LogP contribution in [-0.4, -0.2) is 24.0 Å². The van der Waals surface area contributed by atoms with E-state index in [2.05, 4.69) is 49.9 Å². The highest BCUT2D eigenvalue weighted by molar-refractivity contribution is 5.24. The van der Waals surface area contributed by atoms with E-state index in [9.17, 15) is 0 Å². The van der Waals surface area contributed by atoms with Crippen molar-refractivity contribution in [1.29, 1.82) is 0 Å². The summed E-state index contributed by atoms with van der Waals surface area (Å²) >= 11 is 0. The smallest absolute Gasteiger partial charge is 0.0345 e. The highest BCUT2D eigenvalue weighted by Gasteiger charge is 2.27. The first-order chi connectivity index (χ1) is 9.11.